The van der Waals surface area contributed by atoms with E-state index in [4.69, 9.17) is 5.73 Å². The zero-order valence-corrected chi connectivity index (χ0v) is 12.7. The minimum atomic E-state index is -2.94. The number of anilines is 1. The van der Waals surface area contributed by atoms with Crippen LogP contribution in [0.15, 0.2) is 12.4 Å². The molecule has 0 aliphatic carbocycles. The topological polar surface area (TPSA) is 115 Å². The van der Waals surface area contributed by atoms with Crippen molar-refractivity contribution < 1.29 is 13.2 Å². The molecule has 0 bridgehead atoms. The maximum absolute atomic E-state index is 12.3. The fourth-order valence-corrected chi connectivity index (χ4v) is 4.71. The minimum Gasteiger partial charge on any atom is -0.396 e. The molecule has 9 heteroatoms. The van der Waals surface area contributed by atoms with Crippen LogP contribution in [0.4, 0.5) is 5.69 Å². The van der Waals surface area contributed by atoms with Gasteiger partial charge in [-0.3, -0.25) is 4.79 Å². The van der Waals surface area contributed by atoms with Gasteiger partial charge < -0.3 is 11.1 Å². The molecule has 21 heavy (non-hydrogen) atoms. The second kappa shape index (κ2) is 5.23. The van der Waals surface area contributed by atoms with Crippen LogP contribution in [0, 0.1) is 0 Å². The molecule has 0 atom stereocenters. The Morgan fingerprint density at radius 1 is 1.29 bits per heavy atom. The molecule has 0 unspecified atom stereocenters. The normalized spacial score (nSPS) is 18.7. The molecule has 112 valence electrons. The first kappa shape index (κ1) is 14.2. The molecule has 0 radical (unpaired) electrons. The van der Waals surface area contributed by atoms with E-state index in [0.717, 1.165) is 0 Å². The Kier molecular flexibility index (Phi) is 3.54. The molecule has 1 fully saturated rings. The zero-order valence-electron chi connectivity index (χ0n) is 11.1. The molecule has 1 aliphatic heterocycles. The highest BCUT2D eigenvalue weighted by atomic mass is 32.2. The molecule has 7 nitrogen and oxygen atoms in total. The quantitative estimate of drug-likeness (QED) is 0.834. The summed E-state index contributed by atoms with van der Waals surface area (Å²) in [7, 11) is -2.94. The van der Waals surface area contributed by atoms with Crippen LogP contribution in [0.2, 0.25) is 0 Å². The molecule has 0 aromatic carbocycles. The van der Waals surface area contributed by atoms with Gasteiger partial charge in [-0.2, -0.15) is 0 Å². The minimum absolute atomic E-state index is 0.114. The Morgan fingerprint density at radius 2 is 1.95 bits per heavy atom. The molecule has 2 aromatic rings. The number of sulfone groups is 1. The van der Waals surface area contributed by atoms with Gasteiger partial charge in [-0.25, -0.2) is 18.4 Å². The van der Waals surface area contributed by atoms with E-state index in [-0.39, 0.29) is 23.5 Å². The van der Waals surface area contributed by atoms with Gasteiger partial charge in [-0.1, -0.05) is 0 Å². The number of nitrogen functional groups attached to an aromatic ring is 1. The third-order valence-electron chi connectivity index (χ3n) is 3.46. The number of rotatable bonds is 2. The van der Waals surface area contributed by atoms with Crippen molar-refractivity contribution in [2.45, 2.75) is 18.9 Å². The van der Waals surface area contributed by atoms with E-state index in [0.29, 0.717) is 33.8 Å². The third kappa shape index (κ3) is 2.84. The Bertz CT molecular complexity index is 786. The van der Waals surface area contributed by atoms with Crippen LogP contribution in [0.3, 0.4) is 0 Å². The Hall–Kier alpha value is -1.74. The lowest BCUT2D eigenvalue weighted by Crippen LogP contribution is -2.40. The summed E-state index contributed by atoms with van der Waals surface area (Å²) in [5, 5.41) is 2.85. The van der Waals surface area contributed by atoms with Gasteiger partial charge in [-0.05, 0) is 12.8 Å². The second-order valence-electron chi connectivity index (χ2n) is 4.95. The number of carbonyl (C=O) groups excluding carboxylic acids is 1. The lowest BCUT2D eigenvalue weighted by Gasteiger charge is -2.22. The Balaban J connectivity index is 1.77. The van der Waals surface area contributed by atoms with Crippen LogP contribution >= 0.6 is 11.3 Å². The molecule has 3 heterocycles. The molecule has 1 amide bonds. The van der Waals surface area contributed by atoms with Gasteiger partial charge in [-0.15, -0.1) is 11.3 Å². The van der Waals surface area contributed by atoms with E-state index in [1.165, 1.54) is 17.5 Å². The van der Waals surface area contributed by atoms with Gasteiger partial charge in [0.15, 0.2) is 0 Å². The monoisotopic (exact) mass is 326 g/mol. The van der Waals surface area contributed by atoms with Crippen LogP contribution in [0.5, 0.6) is 0 Å². The predicted molar refractivity (Wildman–Crippen MR) is 81.0 cm³/mol. The summed E-state index contributed by atoms with van der Waals surface area (Å²) in [6, 6.07) is -0.133. The number of hydrogen-bond donors (Lipinski definition) is 2. The summed E-state index contributed by atoms with van der Waals surface area (Å²) in [5.74, 6) is -0.0621. The number of aromatic nitrogens is 2. The van der Waals surface area contributed by atoms with Crippen molar-refractivity contribution in [1.29, 1.82) is 0 Å². The number of amides is 1. The molecule has 1 aliphatic rings. The summed E-state index contributed by atoms with van der Waals surface area (Å²) in [4.78, 5) is 21.5. The lowest BCUT2D eigenvalue weighted by atomic mass is 10.1. The summed E-state index contributed by atoms with van der Waals surface area (Å²) >= 11 is 1.19. The molecule has 0 spiro atoms. The van der Waals surface area contributed by atoms with E-state index in [1.54, 1.807) is 6.20 Å². The van der Waals surface area contributed by atoms with E-state index < -0.39 is 9.84 Å². The first-order valence-electron chi connectivity index (χ1n) is 6.46. The first-order valence-corrected chi connectivity index (χ1v) is 9.10. The highest BCUT2D eigenvalue weighted by Crippen LogP contribution is 2.30. The zero-order chi connectivity index (χ0) is 15.0. The largest absolute Gasteiger partial charge is 0.396 e. The second-order valence-corrected chi connectivity index (χ2v) is 8.26. The number of carbonyl (C=O) groups is 1. The number of nitrogens with two attached hydrogens (primary N) is 1. The Morgan fingerprint density at radius 3 is 2.62 bits per heavy atom. The standard InChI is InChI=1S/C12H14N4O3S2/c13-8-9-12(15-4-3-14-9)20-10(8)11(17)16-7-1-5-21(18,19)6-2-7/h3-4,7H,1-2,5-6,13H2,(H,16,17). The number of thiophene rings is 1. The van der Waals surface area contributed by atoms with Crippen molar-refractivity contribution in [1.82, 2.24) is 15.3 Å². The van der Waals surface area contributed by atoms with Gasteiger partial charge in [0.05, 0.1) is 17.2 Å². The van der Waals surface area contributed by atoms with Gasteiger partial charge >= 0.3 is 0 Å². The SMILES string of the molecule is Nc1c(C(=O)NC2CCS(=O)(=O)CC2)sc2nccnc12. The highest BCUT2D eigenvalue weighted by Gasteiger charge is 2.26. The van der Waals surface area contributed by atoms with Crippen molar-refractivity contribution in [2.75, 3.05) is 17.2 Å². The summed E-state index contributed by atoms with van der Waals surface area (Å²) in [6.45, 7) is 0. The molecule has 3 rings (SSSR count). The number of hydrogen-bond acceptors (Lipinski definition) is 7. The average Bonchev–Trinajstić information content (AvgIpc) is 2.79. The molecule has 3 N–H and O–H groups in total. The summed E-state index contributed by atoms with van der Waals surface area (Å²) < 4.78 is 22.8. The maximum atomic E-state index is 12.3. The molecular formula is C12H14N4O3S2. The number of nitrogens with zero attached hydrogens (tertiary/aromatic N) is 2. The van der Waals surface area contributed by atoms with Crippen molar-refractivity contribution >= 4 is 43.1 Å². The van der Waals surface area contributed by atoms with Gasteiger partial charge in [0.1, 0.15) is 25.1 Å². The third-order valence-corrected chi connectivity index (χ3v) is 6.28. The van der Waals surface area contributed by atoms with Crippen molar-refractivity contribution in [3.8, 4) is 0 Å². The van der Waals surface area contributed by atoms with E-state index in [1.807, 2.05) is 0 Å². The van der Waals surface area contributed by atoms with Crippen LogP contribution in [0.25, 0.3) is 10.3 Å². The first-order chi connectivity index (χ1) is 9.96. The van der Waals surface area contributed by atoms with Crippen molar-refractivity contribution in [2.24, 2.45) is 0 Å². The number of fused-ring (bicyclic) bond motifs is 1. The van der Waals surface area contributed by atoms with Crippen LogP contribution in [0.1, 0.15) is 22.5 Å². The van der Waals surface area contributed by atoms with Crippen LogP contribution in [-0.2, 0) is 9.84 Å². The average molecular weight is 326 g/mol. The molecule has 2 aromatic heterocycles. The summed E-state index contributed by atoms with van der Waals surface area (Å²) in [5.41, 5.74) is 6.79. The van der Waals surface area contributed by atoms with Gasteiger partial charge in [0.2, 0.25) is 0 Å². The van der Waals surface area contributed by atoms with Crippen molar-refractivity contribution in [3.05, 3.63) is 17.3 Å². The van der Waals surface area contributed by atoms with Crippen LogP contribution in [-0.4, -0.2) is 41.8 Å². The van der Waals surface area contributed by atoms with Crippen LogP contribution < -0.4 is 11.1 Å². The van der Waals surface area contributed by atoms with E-state index in [2.05, 4.69) is 15.3 Å². The van der Waals surface area contributed by atoms with Gasteiger partial charge in [0.25, 0.3) is 5.91 Å². The molecular weight excluding hydrogens is 312 g/mol. The van der Waals surface area contributed by atoms with Crippen molar-refractivity contribution in [3.63, 3.8) is 0 Å². The smallest absolute Gasteiger partial charge is 0.263 e. The van der Waals surface area contributed by atoms with E-state index >= 15 is 0 Å². The maximum Gasteiger partial charge on any atom is 0.263 e. The molecule has 1 saturated heterocycles. The van der Waals surface area contributed by atoms with E-state index in [9.17, 15) is 13.2 Å². The fraction of sp³-hybridized carbons (Fsp3) is 0.417. The predicted octanol–water partition coefficient (Wildman–Crippen LogP) is 0.580. The van der Waals surface area contributed by atoms with Gasteiger partial charge in [0, 0.05) is 18.4 Å². The molecule has 0 saturated carbocycles. The Labute approximate surface area is 125 Å². The summed E-state index contributed by atoms with van der Waals surface area (Å²) in [6.07, 6.45) is 3.95. The fourth-order valence-electron chi connectivity index (χ4n) is 2.30. The lowest BCUT2D eigenvalue weighted by molar-refractivity contribution is 0.0939. The number of nitrogens with one attached hydrogen (secondary N) is 1. The highest BCUT2D eigenvalue weighted by molar-refractivity contribution is 7.91.